The fraction of sp³-hybridized carbons (Fsp3) is 0.250. The van der Waals surface area contributed by atoms with Crippen LogP contribution in [0.2, 0.25) is 0 Å². The van der Waals surface area contributed by atoms with Crippen molar-refractivity contribution in [2.45, 2.75) is 38.5 Å². The molecular formula is C24H19F5O. The monoisotopic (exact) mass is 418 g/mol. The number of benzene rings is 3. The van der Waals surface area contributed by atoms with Crippen LogP contribution >= 0.6 is 0 Å². The number of ether oxygens (including phenoxy) is 1. The minimum atomic E-state index is -4.41. The van der Waals surface area contributed by atoms with Crippen LogP contribution in [-0.4, -0.2) is 0 Å². The van der Waals surface area contributed by atoms with Crippen molar-refractivity contribution in [3.8, 4) is 16.9 Å². The molecular weight excluding hydrogens is 399 g/mol. The molecule has 1 nitrogen and oxygen atoms in total. The van der Waals surface area contributed by atoms with E-state index in [0.29, 0.717) is 41.5 Å². The first-order valence-corrected chi connectivity index (χ1v) is 9.71. The van der Waals surface area contributed by atoms with Crippen molar-refractivity contribution in [1.82, 2.24) is 0 Å². The molecule has 0 radical (unpaired) electrons. The molecule has 0 fully saturated rings. The van der Waals surface area contributed by atoms with Crippen molar-refractivity contribution in [1.29, 1.82) is 0 Å². The Balaban J connectivity index is 1.61. The van der Waals surface area contributed by atoms with Crippen LogP contribution in [0.1, 0.15) is 41.7 Å². The van der Waals surface area contributed by atoms with Crippen LogP contribution in [-0.2, 0) is 19.0 Å². The molecule has 156 valence electrons. The Kier molecular flexibility index (Phi) is 5.26. The van der Waals surface area contributed by atoms with E-state index in [1.165, 1.54) is 24.3 Å². The summed E-state index contributed by atoms with van der Waals surface area (Å²) in [6.07, 6.45) is -3.29. The zero-order valence-corrected chi connectivity index (χ0v) is 16.2. The van der Waals surface area contributed by atoms with Crippen LogP contribution < -0.4 is 4.74 Å². The number of hydrogen-bond donors (Lipinski definition) is 0. The third kappa shape index (κ3) is 3.91. The van der Waals surface area contributed by atoms with Crippen LogP contribution in [0.25, 0.3) is 11.1 Å². The van der Waals surface area contributed by atoms with Gasteiger partial charge in [-0.2, -0.15) is 13.2 Å². The van der Waals surface area contributed by atoms with Gasteiger partial charge >= 0.3 is 6.18 Å². The van der Waals surface area contributed by atoms with Gasteiger partial charge in [-0.05, 0) is 71.8 Å². The maximum Gasteiger partial charge on any atom is 0.416 e. The molecule has 0 spiro atoms. The third-order valence-electron chi connectivity index (χ3n) is 5.42. The van der Waals surface area contributed by atoms with Crippen LogP contribution in [0.5, 0.6) is 5.75 Å². The normalized spacial score (nSPS) is 16.1. The third-order valence-corrected chi connectivity index (χ3v) is 5.42. The summed E-state index contributed by atoms with van der Waals surface area (Å²) < 4.78 is 73.3. The zero-order chi connectivity index (χ0) is 21.5. The fourth-order valence-electron chi connectivity index (χ4n) is 3.75. The second-order valence-corrected chi connectivity index (χ2v) is 7.38. The Labute approximate surface area is 171 Å². The molecule has 3 aromatic rings. The lowest BCUT2D eigenvalue weighted by molar-refractivity contribution is -0.137. The average molecular weight is 418 g/mol. The van der Waals surface area contributed by atoms with Crippen molar-refractivity contribution >= 4 is 0 Å². The quantitative estimate of drug-likeness (QED) is 0.406. The van der Waals surface area contributed by atoms with Crippen molar-refractivity contribution < 1.29 is 26.7 Å². The fourth-order valence-corrected chi connectivity index (χ4v) is 3.75. The van der Waals surface area contributed by atoms with Gasteiger partial charge in [0.1, 0.15) is 11.9 Å². The van der Waals surface area contributed by atoms with E-state index in [4.69, 9.17) is 4.74 Å². The second kappa shape index (κ2) is 7.74. The highest BCUT2D eigenvalue weighted by atomic mass is 19.4. The first kappa shape index (κ1) is 20.4. The summed E-state index contributed by atoms with van der Waals surface area (Å²) in [4.78, 5) is 0. The van der Waals surface area contributed by atoms with Crippen molar-refractivity contribution in [3.63, 3.8) is 0 Å². The van der Waals surface area contributed by atoms with E-state index in [-0.39, 0.29) is 5.75 Å². The Morgan fingerprint density at radius 3 is 2.30 bits per heavy atom. The van der Waals surface area contributed by atoms with E-state index >= 15 is 0 Å². The molecule has 0 saturated carbocycles. The summed E-state index contributed by atoms with van der Waals surface area (Å²) in [5.41, 5.74) is 2.04. The van der Waals surface area contributed by atoms with Crippen molar-refractivity contribution in [2.24, 2.45) is 0 Å². The maximum atomic E-state index is 14.8. The molecule has 4 rings (SSSR count). The molecule has 1 atom stereocenters. The lowest BCUT2D eigenvalue weighted by Crippen LogP contribution is -2.17. The van der Waals surface area contributed by atoms with E-state index in [1.807, 2.05) is 13.0 Å². The molecule has 0 aliphatic carbocycles. The van der Waals surface area contributed by atoms with Gasteiger partial charge in [-0.25, -0.2) is 8.78 Å². The molecule has 1 heterocycles. The van der Waals surface area contributed by atoms with Gasteiger partial charge in [0, 0.05) is 5.56 Å². The molecule has 1 unspecified atom stereocenters. The highest BCUT2D eigenvalue weighted by Crippen LogP contribution is 2.40. The molecule has 0 bridgehead atoms. The van der Waals surface area contributed by atoms with E-state index in [0.717, 1.165) is 17.7 Å². The van der Waals surface area contributed by atoms with Gasteiger partial charge in [0.05, 0.1) is 5.56 Å². The summed E-state index contributed by atoms with van der Waals surface area (Å²) >= 11 is 0. The molecule has 1 aliphatic rings. The predicted molar refractivity (Wildman–Crippen MR) is 104 cm³/mol. The predicted octanol–water partition coefficient (Wildman–Crippen LogP) is 7.28. The lowest BCUT2D eigenvalue weighted by atomic mass is 9.93. The number of fused-ring (bicyclic) bond motifs is 1. The largest absolute Gasteiger partial charge is 0.482 e. The second-order valence-electron chi connectivity index (χ2n) is 7.38. The van der Waals surface area contributed by atoms with Crippen molar-refractivity contribution in [3.05, 3.63) is 88.5 Å². The first-order valence-electron chi connectivity index (χ1n) is 9.71. The summed E-state index contributed by atoms with van der Waals surface area (Å²) in [6, 6.07) is 12.6. The molecule has 30 heavy (non-hydrogen) atoms. The van der Waals surface area contributed by atoms with Gasteiger partial charge in [-0.1, -0.05) is 31.2 Å². The van der Waals surface area contributed by atoms with E-state index in [2.05, 4.69) is 0 Å². The Hall–Kier alpha value is -2.89. The number of alkyl halides is 3. The van der Waals surface area contributed by atoms with Gasteiger partial charge in [0.15, 0.2) is 11.6 Å². The number of aryl methyl sites for hydroxylation is 2. The number of hydrogen-bond acceptors (Lipinski definition) is 1. The van der Waals surface area contributed by atoms with Gasteiger partial charge in [0.2, 0.25) is 0 Å². The highest BCUT2D eigenvalue weighted by Gasteiger charge is 2.31. The zero-order valence-electron chi connectivity index (χ0n) is 16.2. The van der Waals surface area contributed by atoms with Crippen LogP contribution in [0.3, 0.4) is 0 Å². The molecule has 0 N–H and O–H groups in total. The lowest BCUT2D eigenvalue weighted by Gasteiger charge is -2.27. The minimum absolute atomic E-state index is 0.0699. The molecule has 0 aromatic heterocycles. The molecule has 0 saturated heterocycles. The number of rotatable bonds is 3. The summed E-state index contributed by atoms with van der Waals surface area (Å²) in [7, 11) is 0. The van der Waals surface area contributed by atoms with E-state index < -0.39 is 29.5 Å². The Morgan fingerprint density at radius 1 is 0.933 bits per heavy atom. The number of halogens is 5. The topological polar surface area (TPSA) is 9.23 Å². The van der Waals surface area contributed by atoms with Gasteiger partial charge in [-0.3, -0.25) is 0 Å². The van der Waals surface area contributed by atoms with Crippen molar-refractivity contribution in [2.75, 3.05) is 0 Å². The minimum Gasteiger partial charge on any atom is -0.482 e. The van der Waals surface area contributed by atoms with E-state index in [9.17, 15) is 22.0 Å². The molecule has 6 heteroatoms. The summed E-state index contributed by atoms with van der Waals surface area (Å²) in [5.74, 6) is -0.952. The highest BCUT2D eigenvalue weighted by molar-refractivity contribution is 5.67. The molecule has 0 amide bonds. The summed E-state index contributed by atoms with van der Waals surface area (Å²) in [5, 5.41) is 0. The van der Waals surface area contributed by atoms with Crippen LogP contribution in [0.4, 0.5) is 22.0 Å². The van der Waals surface area contributed by atoms with Crippen LogP contribution in [0.15, 0.2) is 54.6 Å². The summed E-state index contributed by atoms with van der Waals surface area (Å²) in [6.45, 7) is 1.93. The van der Waals surface area contributed by atoms with Crippen LogP contribution in [0, 0.1) is 11.6 Å². The standard InChI is InChI=1S/C24H19F5O/c1-2-14-3-9-19(20(25)11-14)17-12-16-6-10-22(30-23(16)21(26)13-17)15-4-7-18(8-5-15)24(27,28)29/h3-5,7-9,11-13,22H,2,6,10H2,1H3. The molecule has 1 aliphatic heterocycles. The molecule has 3 aromatic carbocycles. The first-order chi connectivity index (χ1) is 14.3. The van der Waals surface area contributed by atoms with E-state index in [1.54, 1.807) is 12.1 Å². The average Bonchev–Trinajstić information content (AvgIpc) is 2.73. The van der Waals surface area contributed by atoms with Gasteiger partial charge < -0.3 is 4.74 Å². The maximum absolute atomic E-state index is 14.8. The van der Waals surface area contributed by atoms with Gasteiger partial charge in [0.25, 0.3) is 0 Å². The Morgan fingerprint density at radius 2 is 1.67 bits per heavy atom. The van der Waals surface area contributed by atoms with Gasteiger partial charge in [-0.15, -0.1) is 0 Å². The smallest absolute Gasteiger partial charge is 0.416 e. The Bertz CT molecular complexity index is 1070. The SMILES string of the molecule is CCc1ccc(-c2cc(F)c3c(c2)CCC(c2ccc(C(F)(F)F)cc2)O3)c(F)c1.